The van der Waals surface area contributed by atoms with Crippen molar-refractivity contribution in [1.82, 2.24) is 15.2 Å². The molecular weight excluding hydrogens is 242 g/mol. The fourth-order valence-electron chi connectivity index (χ4n) is 1.96. The summed E-state index contributed by atoms with van der Waals surface area (Å²) in [5.41, 5.74) is 0. The Hall–Kier alpha value is -1.43. The van der Waals surface area contributed by atoms with Crippen molar-refractivity contribution in [1.29, 1.82) is 0 Å². The lowest BCUT2D eigenvalue weighted by Crippen LogP contribution is -2.20. The fourth-order valence-corrected chi connectivity index (χ4v) is 1.96. The monoisotopic (exact) mass is 265 g/mol. The van der Waals surface area contributed by atoms with Gasteiger partial charge in [0.1, 0.15) is 5.82 Å². The number of rotatable bonds is 7. The molecule has 1 aromatic rings. The number of nitrogens with zero attached hydrogens (tertiary/aromatic N) is 3. The van der Waals surface area contributed by atoms with Gasteiger partial charge in [0.2, 0.25) is 5.95 Å². The summed E-state index contributed by atoms with van der Waals surface area (Å²) in [5, 5.41) is 14.4. The van der Waals surface area contributed by atoms with Gasteiger partial charge in [-0.1, -0.05) is 13.8 Å². The largest absolute Gasteiger partial charge is 0.376 e. The standard InChI is InChI=1S/C13H23N5O/c1-10(2)5-6-14-12-9-16-18-13(17-12)15-8-11-4-3-7-19-11/h9-11H,3-8H2,1-2H3,(H2,14,15,17,18). The van der Waals surface area contributed by atoms with E-state index in [1.54, 1.807) is 6.20 Å². The van der Waals surface area contributed by atoms with E-state index in [4.69, 9.17) is 4.74 Å². The van der Waals surface area contributed by atoms with Crippen LogP contribution < -0.4 is 10.6 Å². The maximum absolute atomic E-state index is 5.54. The molecule has 2 N–H and O–H groups in total. The van der Waals surface area contributed by atoms with Crippen LogP contribution in [0.3, 0.4) is 0 Å². The number of aromatic nitrogens is 3. The molecule has 0 saturated carbocycles. The molecule has 6 heteroatoms. The third-order valence-electron chi connectivity index (χ3n) is 3.10. The summed E-state index contributed by atoms with van der Waals surface area (Å²) in [6, 6.07) is 0. The minimum absolute atomic E-state index is 0.279. The summed E-state index contributed by atoms with van der Waals surface area (Å²) in [6.45, 7) is 6.92. The Morgan fingerprint density at radius 2 is 2.32 bits per heavy atom. The topological polar surface area (TPSA) is 72.0 Å². The maximum Gasteiger partial charge on any atom is 0.244 e. The first-order valence-electron chi connectivity index (χ1n) is 7.03. The zero-order valence-electron chi connectivity index (χ0n) is 11.7. The van der Waals surface area contributed by atoms with Crippen LogP contribution in [0.2, 0.25) is 0 Å². The van der Waals surface area contributed by atoms with Gasteiger partial charge in [0.05, 0.1) is 12.3 Å². The van der Waals surface area contributed by atoms with Gasteiger partial charge in [-0.15, -0.1) is 5.10 Å². The second kappa shape index (κ2) is 7.23. The first-order valence-corrected chi connectivity index (χ1v) is 7.03. The molecule has 19 heavy (non-hydrogen) atoms. The summed E-state index contributed by atoms with van der Waals surface area (Å²) in [4.78, 5) is 4.38. The highest BCUT2D eigenvalue weighted by molar-refractivity contribution is 5.36. The van der Waals surface area contributed by atoms with Crippen molar-refractivity contribution >= 4 is 11.8 Å². The van der Waals surface area contributed by atoms with E-state index in [0.717, 1.165) is 44.8 Å². The molecule has 106 valence electrons. The molecule has 2 heterocycles. The summed E-state index contributed by atoms with van der Waals surface area (Å²) in [7, 11) is 0. The van der Waals surface area contributed by atoms with Gasteiger partial charge in [-0.3, -0.25) is 0 Å². The Kier molecular flexibility index (Phi) is 5.32. The van der Waals surface area contributed by atoms with Gasteiger partial charge >= 0.3 is 0 Å². The average Bonchev–Trinajstić information content (AvgIpc) is 2.89. The van der Waals surface area contributed by atoms with Crippen LogP contribution in [0.25, 0.3) is 0 Å². The number of hydrogen-bond acceptors (Lipinski definition) is 6. The predicted molar refractivity (Wildman–Crippen MR) is 75.2 cm³/mol. The first-order chi connectivity index (χ1) is 9.24. The van der Waals surface area contributed by atoms with Crippen LogP contribution in [0.15, 0.2) is 6.20 Å². The van der Waals surface area contributed by atoms with E-state index < -0.39 is 0 Å². The lowest BCUT2D eigenvalue weighted by Gasteiger charge is -2.11. The minimum atomic E-state index is 0.279. The Labute approximate surface area is 114 Å². The van der Waals surface area contributed by atoms with Gasteiger partial charge < -0.3 is 15.4 Å². The molecule has 1 atom stereocenters. The van der Waals surface area contributed by atoms with Gasteiger partial charge in [0, 0.05) is 19.7 Å². The lowest BCUT2D eigenvalue weighted by atomic mass is 10.1. The molecule has 6 nitrogen and oxygen atoms in total. The van der Waals surface area contributed by atoms with Crippen LogP contribution in [0.4, 0.5) is 11.8 Å². The molecule has 1 unspecified atom stereocenters. The van der Waals surface area contributed by atoms with Crippen molar-refractivity contribution in [2.24, 2.45) is 5.92 Å². The summed E-state index contributed by atoms with van der Waals surface area (Å²) in [5.74, 6) is 2.01. The Morgan fingerprint density at radius 3 is 3.05 bits per heavy atom. The smallest absolute Gasteiger partial charge is 0.244 e. The maximum atomic E-state index is 5.54. The molecule has 0 aliphatic carbocycles. The second-order valence-electron chi connectivity index (χ2n) is 5.29. The second-order valence-corrected chi connectivity index (χ2v) is 5.29. The Bertz CT molecular complexity index is 379. The van der Waals surface area contributed by atoms with Gasteiger partial charge in [0.25, 0.3) is 0 Å². The van der Waals surface area contributed by atoms with E-state index in [1.807, 2.05) is 0 Å². The highest BCUT2D eigenvalue weighted by atomic mass is 16.5. The number of anilines is 2. The molecule has 2 rings (SSSR count). The number of hydrogen-bond donors (Lipinski definition) is 2. The quantitative estimate of drug-likeness (QED) is 0.785. The van der Waals surface area contributed by atoms with Gasteiger partial charge in [0.15, 0.2) is 0 Å². The average molecular weight is 265 g/mol. The van der Waals surface area contributed by atoms with Crippen LogP contribution in [0.5, 0.6) is 0 Å². The van der Waals surface area contributed by atoms with Crippen molar-refractivity contribution in [3.8, 4) is 0 Å². The molecule has 1 aromatic heterocycles. The predicted octanol–water partition coefficient (Wildman–Crippen LogP) is 1.92. The third-order valence-corrected chi connectivity index (χ3v) is 3.10. The molecule has 0 radical (unpaired) electrons. The van der Waals surface area contributed by atoms with Crippen LogP contribution in [0.1, 0.15) is 33.1 Å². The summed E-state index contributed by atoms with van der Waals surface area (Å²) >= 11 is 0. The van der Waals surface area contributed by atoms with Crippen molar-refractivity contribution in [2.45, 2.75) is 39.2 Å². The summed E-state index contributed by atoms with van der Waals surface area (Å²) in [6.07, 6.45) is 5.29. The van der Waals surface area contributed by atoms with Crippen molar-refractivity contribution in [2.75, 3.05) is 30.3 Å². The van der Waals surface area contributed by atoms with Crippen molar-refractivity contribution < 1.29 is 4.74 Å². The summed E-state index contributed by atoms with van der Waals surface area (Å²) < 4.78 is 5.54. The number of ether oxygens (including phenoxy) is 1. The normalized spacial score (nSPS) is 18.8. The van der Waals surface area contributed by atoms with E-state index in [9.17, 15) is 0 Å². The van der Waals surface area contributed by atoms with Crippen LogP contribution in [0, 0.1) is 5.92 Å². The van der Waals surface area contributed by atoms with Gasteiger partial charge in [-0.2, -0.15) is 10.1 Å². The zero-order chi connectivity index (χ0) is 13.5. The fraction of sp³-hybridized carbons (Fsp3) is 0.769. The van der Waals surface area contributed by atoms with Crippen molar-refractivity contribution in [3.05, 3.63) is 6.20 Å². The van der Waals surface area contributed by atoms with Crippen LogP contribution >= 0.6 is 0 Å². The van der Waals surface area contributed by atoms with Crippen LogP contribution in [-0.2, 0) is 4.74 Å². The van der Waals surface area contributed by atoms with E-state index in [0.29, 0.717) is 11.9 Å². The lowest BCUT2D eigenvalue weighted by molar-refractivity contribution is 0.120. The Morgan fingerprint density at radius 1 is 1.42 bits per heavy atom. The highest BCUT2D eigenvalue weighted by Crippen LogP contribution is 2.12. The van der Waals surface area contributed by atoms with E-state index >= 15 is 0 Å². The molecular formula is C13H23N5O. The first kappa shape index (κ1) is 14.0. The van der Waals surface area contributed by atoms with E-state index in [1.165, 1.54) is 0 Å². The molecule has 0 bridgehead atoms. The molecule has 1 aliphatic heterocycles. The van der Waals surface area contributed by atoms with Gasteiger partial charge in [-0.25, -0.2) is 0 Å². The van der Waals surface area contributed by atoms with E-state index in [2.05, 4.69) is 39.7 Å². The molecule has 1 fully saturated rings. The van der Waals surface area contributed by atoms with Crippen LogP contribution in [-0.4, -0.2) is 41.0 Å². The molecule has 0 aromatic carbocycles. The zero-order valence-corrected chi connectivity index (χ0v) is 11.7. The third kappa shape index (κ3) is 4.98. The molecule has 0 amide bonds. The Balaban J connectivity index is 1.77. The molecule has 1 aliphatic rings. The number of nitrogens with one attached hydrogen (secondary N) is 2. The SMILES string of the molecule is CC(C)CCNc1cnnc(NCC2CCCO2)n1. The molecule has 0 spiro atoms. The molecule has 1 saturated heterocycles. The minimum Gasteiger partial charge on any atom is -0.376 e. The van der Waals surface area contributed by atoms with Crippen molar-refractivity contribution in [3.63, 3.8) is 0 Å². The van der Waals surface area contributed by atoms with Gasteiger partial charge in [-0.05, 0) is 25.2 Å². The van der Waals surface area contributed by atoms with E-state index in [-0.39, 0.29) is 6.10 Å². The highest BCUT2D eigenvalue weighted by Gasteiger charge is 2.15.